The van der Waals surface area contributed by atoms with Crippen molar-refractivity contribution in [3.63, 3.8) is 0 Å². The number of hydrogen-bond acceptors (Lipinski definition) is 2. The lowest BCUT2D eigenvalue weighted by Gasteiger charge is -2.23. The van der Waals surface area contributed by atoms with Crippen LogP contribution in [0.3, 0.4) is 0 Å². The van der Waals surface area contributed by atoms with Crippen LogP contribution >= 0.6 is 0 Å². The molecule has 14 heavy (non-hydrogen) atoms. The number of ether oxygens (including phenoxy) is 1. The Balaban J connectivity index is 1.81. The van der Waals surface area contributed by atoms with Crippen molar-refractivity contribution in [3.05, 3.63) is 0 Å². The zero-order valence-electron chi connectivity index (χ0n) is 9.00. The number of carbonyl (C=O) groups is 1. The monoisotopic (exact) mass is 196 g/mol. The SMILES string of the molecule is CC1CCC(CC2CCCCC2=O)O1. The summed E-state index contributed by atoms with van der Waals surface area (Å²) in [6.45, 7) is 2.13. The van der Waals surface area contributed by atoms with Gasteiger partial charge in [-0.2, -0.15) is 0 Å². The van der Waals surface area contributed by atoms with Gasteiger partial charge in [-0.15, -0.1) is 0 Å². The average Bonchev–Trinajstić information content (AvgIpc) is 2.56. The summed E-state index contributed by atoms with van der Waals surface area (Å²) in [6.07, 6.45) is 8.37. The van der Waals surface area contributed by atoms with Gasteiger partial charge in [0.25, 0.3) is 0 Å². The highest BCUT2D eigenvalue weighted by atomic mass is 16.5. The molecular weight excluding hydrogens is 176 g/mol. The summed E-state index contributed by atoms with van der Waals surface area (Å²) >= 11 is 0. The van der Waals surface area contributed by atoms with Crippen LogP contribution in [0.5, 0.6) is 0 Å². The van der Waals surface area contributed by atoms with E-state index < -0.39 is 0 Å². The molecular formula is C12H20O2. The van der Waals surface area contributed by atoms with E-state index in [1.54, 1.807) is 0 Å². The normalized spacial score (nSPS) is 38.9. The van der Waals surface area contributed by atoms with E-state index in [0.717, 1.165) is 32.1 Å². The molecule has 2 nitrogen and oxygen atoms in total. The maximum atomic E-state index is 11.6. The Morgan fingerprint density at radius 2 is 2.14 bits per heavy atom. The van der Waals surface area contributed by atoms with Gasteiger partial charge in [-0.05, 0) is 39.0 Å². The third kappa shape index (κ3) is 2.35. The molecule has 1 saturated heterocycles. The average molecular weight is 196 g/mol. The summed E-state index contributed by atoms with van der Waals surface area (Å²) < 4.78 is 5.76. The van der Waals surface area contributed by atoms with E-state index >= 15 is 0 Å². The van der Waals surface area contributed by atoms with Crippen molar-refractivity contribution < 1.29 is 9.53 Å². The van der Waals surface area contributed by atoms with Crippen molar-refractivity contribution in [2.45, 2.75) is 64.1 Å². The van der Waals surface area contributed by atoms with Crippen LogP contribution in [-0.4, -0.2) is 18.0 Å². The standard InChI is InChI=1S/C12H20O2/c1-9-6-7-11(14-9)8-10-4-2-3-5-12(10)13/h9-11H,2-8H2,1H3. The zero-order chi connectivity index (χ0) is 9.97. The fourth-order valence-electron chi connectivity index (χ4n) is 2.68. The van der Waals surface area contributed by atoms with Crippen LogP contribution in [-0.2, 0) is 9.53 Å². The molecule has 1 aliphatic heterocycles. The van der Waals surface area contributed by atoms with E-state index in [9.17, 15) is 4.79 Å². The minimum absolute atomic E-state index is 0.319. The predicted molar refractivity (Wildman–Crippen MR) is 55.2 cm³/mol. The van der Waals surface area contributed by atoms with Gasteiger partial charge in [0.05, 0.1) is 12.2 Å². The Labute approximate surface area is 86.0 Å². The number of Topliss-reactive ketones (excluding diaryl/α,β-unsaturated/α-hetero) is 1. The summed E-state index contributed by atoms with van der Waals surface area (Å²) in [5, 5.41) is 0. The quantitative estimate of drug-likeness (QED) is 0.678. The molecule has 0 aromatic rings. The molecule has 0 N–H and O–H groups in total. The molecule has 2 rings (SSSR count). The fraction of sp³-hybridized carbons (Fsp3) is 0.917. The molecule has 2 aliphatic rings. The van der Waals surface area contributed by atoms with Gasteiger partial charge >= 0.3 is 0 Å². The summed E-state index contributed by atoms with van der Waals surface area (Å²) in [5.41, 5.74) is 0. The number of carbonyl (C=O) groups excluding carboxylic acids is 1. The maximum absolute atomic E-state index is 11.6. The van der Waals surface area contributed by atoms with Crippen LogP contribution in [0.2, 0.25) is 0 Å². The lowest BCUT2D eigenvalue weighted by Crippen LogP contribution is -2.24. The first kappa shape index (κ1) is 10.2. The van der Waals surface area contributed by atoms with E-state index in [-0.39, 0.29) is 0 Å². The van der Waals surface area contributed by atoms with Crippen LogP contribution in [0.4, 0.5) is 0 Å². The summed E-state index contributed by atoms with van der Waals surface area (Å²) in [5.74, 6) is 0.804. The van der Waals surface area contributed by atoms with Gasteiger partial charge in [0.2, 0.25) is 0 Å². The first-order valence-electron chi connectivity index (χ1n) is 5.94. The molecule has 0 spiro atoms. The Morgan fingerprint density at radius 3 is 2.79 bits per heavy atom. The van der Waals surface area contributed by atoms with Crippen molar-refractivity contribution in [1.29, 1.82) is 0 Å². The highest BCUT2D eigenvalue weighted by Gasteiger charge is 2.29. The smallest absolute Gasteiger partial charge is 0.136 e. The highest BCUT2D eigenvalue weighted by Crippen LogP contribution is 2.30. The second kappa shape index (κ2) is 4.43. The minimum Gasteiger partial charge on any atom is -0.375 e. The first-order valence-corrected chi connectivity index (χ1v) is 5.94. The molecule has 2 fully saturated rings. The van der Waals surface area contributed by atoms with E-state index in [1.807, 2.05) is 0 Å². The molecule has 1 aliphatic carbocycles. The van der Waals surface area contributed by atoms with Crippen molar-refractivity contribution in [2.75, 3.05) is 0 Å². The van der Waals surface area contributed by atoms with Crippen LogP contribution in [0.15, 0.2) is 0 Å². The largest absolute Gasteiger partial charge is 0.375 e. The lowest BCUT2D eigenvalue weighted by atomic mass is 9.84. The van der Waals surface area contributed by atoms with Crippen LogP contribution in [0, 0.1) is 5.92 Å². The van der Waals surface area contributed by atoms with Gasteiger partial charge in [-0.1, -0.05) is 6.42 Å². The predicted octanol–water partition coefficient (Wildman–Crippen LogP) is 2.70. The number of rotatable bonds is 2. The molecule has 0 aromatic heterocycles. The number of ketones is 1. The van der Waals surface area contributed by atoms with Crippen LogP contribution in [0.1, 0.15) is 51.9 Å². The van der Waals surface area contributed by atoms with Crippen molar-refractivity contribution in [2.24, 2.45) is 5.92 Å². The Hall–Kier alpha value is -0.370. The number of hydrogen-bond donors (Lipinski definition) is 0. The molecule has 1 heterocycles. The van der Waals surface area contributed by atoms with Gasteiger partial charge < -0.3 is 4.74 Å². The highest BCUT2D eigenvalue weighted by molar-refractivity contribution is 5.81. The van der Waals surface area contributed by atoms with E-state index in [1.165, 1.54) is 12.8 Å². The Kier molecular flexibility index (Phi) is 3.22. The van der Waals surface area contributed by atoms with E-state index in [0.29, 0.717) is 23.9 Å². The second-order valence-electron chi connectivity index (χ2n) is 4.79. The molecule has 1 saturated carbocycles. The lowest BCUT2D eigenvalue weighted by molar-refractivity contribution is -0.126. The van der Waals surface area contributed by atoms with Crippen LogP contribution in [0.25, 0.3) is 0 Å². The molecule has 2 heteroatoms. The molecule has 3 atom stereocenters. The molecule has 0 radical (unpaired) electrons. The zero-order valence-corrected chi connectivity index (χ0v) is 9.00. The third-order valence-electron chi connectivity index (χ3n) is 3.55. The van der Waals surface area contributed by atoms with Crippen molar-refractivity contribution in [1.82, 2.24) is 0 Å². The van der Waals surface area contributed by atoms with Gasteiger partial charge in [-0.25, -0.2) is 0 Å². The topological polar surface area (TPSA) is 26.3 Å². The van der Waals surface area contributed by atoms with Crippen molar-refractivity contribution in [3.8, 4) is 0 Å². The van der Waals surface area contributed by atoms with Gasteiger partial charge in [0, 0.05) is 12.3 Å². The third-order valence-corrected chi connectivity index (χ3v) is 3.55. The fourth-order valence-corrected chi connectivity index (χ4v) is 2.68. The summed E-state index contributed by atoms with van der Waals surface area (Å²) in [6, 6.07) is 0. The molecule has 0 aromatic carbocycles. The molecule has 0 bridgehead atoms. The van der Waals surface area contributed by atoms with Crippen molar-refractivity contribution >= 4 is 5.78 Å². The molecule has 3 unspecified atom stereocenters. The molecule has 0 amide bonds. The van der Waals surface area contributed by atoms with E-state index in [4.69, 9.17) is 4.74 Å². The van der Waals surface area contributed by atoms with Gasteiger partial charge in [-0.3, -0.25) is 4.79 Å². The van der Waals surface area contributed by atoms with Gasteiger partial charge in [0.15, 0.2) is 0 Å². The second-order valence-corrected chi connectivity index (χ2v) is 4.79. The van der Waals surface area contributed by atoms with Gasteiger partial charge in [0.1, 0.15) is 5.78 Å². The Bertz CT molecular complexity index is 212. The van der Waals surface area contributed by atoms with Crippen LogP contribution < -0.4 is 0 Å². The first-order chi connectivity index (χ1) is 6.75. The van der Waals surface area contributed by atoms with E-state index in [2.05, 4.69) is 6.92 Å². The minimum atomic E-state index is 0.319. The Morgan fingerprint density at radius 1 is 1.29 bits per heavy atom. The summed E-state index contributed by atoms with van der Waals surface area (Å²) in [7, 11) is 0. The maximum Gasteiger partial charge on any atom is 0.136 e. The summed E-state index contributed by atoms with van der Waals surface area (Å²) in [4.78, 5) is 11.6. The molecule has 80 valence electrons.